The zero-order chi connectivity index (χ0) is 15.5. The van der Waals surface area contributed by atoms with Crippen molar-refractivity contribution in [1.29, 1.82) is 0 Å². The molecule has 0 bridgehead atoms. The summed E-state index contributed by atoms with van der Waals surface area (Å²) in [7, 11) is 1.89. The quantitative estimate of drug-likeness (QED) is 0.930. The minimum atomic E-state index is -0.148. The van der Waals surface area contributed by atoms with Crippen molar-refractivity contribution >= 4 is 22.5 Å². The molecule has 118 valence electrons. The van der Waals surface area contributed by atoms with E-state index >= 15 is 0 Å². The Bertz CT molecular complexity index is 652. The smallest absolute Gasteiger partial charge is 0.319 e. The van der Waals surface area contributed by atoms with E-state index in [0.29, 0.717) is 11.7 Å². The Morgan fingerprint density at radius 2 is 2.32 bits per heavy atom. The molecule has 3 rings (SSSR count). The number of urea groups is 1. The molecule has 0 saturated carbocycles. The van der Waals surface area contributed by atoms with Gasteiger partial charge in [0.05, 0.1) is 6.04 Å². The number of aromatic nitrogens is 5. The molecular formula is C13H19N7OS. The number of amides is 2. The average Bonchev–Trinajstić information content (AvgIpc) is 3.19. The first-order chi connectivity index (χ1) is 10.7. The molecule has 22 heavy (non-hydrogen) atoms. The van der Waals surface area contributed by atoms with E-state index in [4.69, 9.17) is 0 Å². The first-order valence-electron chi connectivity index (χ1n) is 7.43. The number of carbonyl (C=O) groups is 1. The van der Waals surface area contributed by atoms with Crippen LogP contribution in [0.4, 0.5) is 9.93 Å². The fourth-order valence-corrected chi connectivity index (χ4v) is 3.49. The molecule has 2 aromatic heterocycles. The lowest BCUT2D eigenvalue weighted by Gasteiger charge is -2.23. The Morgan fingerprint density at radius 3 is 3.05 bits per heavy atom. The van der Waals surface area contributed by atoms with Gasteiger partial charge in [0, 0.05) is 20.0 Å². The minimum Gasteiger partial charge on any atom is -0.319 e. The molecule has 1 aliphatic rings. The topological polar surface area (TPSA) is 88.8 Å². The van der Waals surface area contributed by atoms with Crippen molar-refractivity contribution in [2.75, 3.05) is 11.9 Å². The first kappa shape index (κ1) is 14.9. The van der Waals surface area contributed by atoms with Crippen LogP contribution in [0.1, 0.15) is 43.1 Å². The highest BCUT2D eigenvalue weighted by molar-refractivity contribution is 7.15. The summed E-state index contributed by atoms with van der Waals surface area (Å²) in [6, 6.07) is -0.180. The van der Waals surface area contributed by atoms with Gasteiger partial charge in [-0.15, -0.1) is 20.4 Å². The van der Waals surface area contributed by atoms with Crippen LogP contribution in [0.15, 0.2) is 6.33 Å². The number of rotatable bonds is 4. The highest BCUT2D eigenvalue weighted by Crippen LogP contribution is 2.31. The fourth-order valence-electron chi connectivity index (χ4n) is 2.65. The molecule has 2 amide bonds. The number of likely N-dealkylation sites (tertiary alicyclic amines) is 1. The number of hydrogen-bond acceptors (Lipinski definition) is 6. The predicted molar refractivity (Wildman–Crippen MR) is 82.6 cm³/mol. The van der Waals surface area contributed by atoms with Crippen molar-refractivity contribution in [3.63, 3.8) is 0 Å². The standard InChI is InChI=1S/C13H19N7OS/c1-3-5-10-16-18-12(22-10)15-13(21)20-7-4-6-9(20)11-17-14-8-19(11)2/h8-9H,3-7H2,1-2H3,(H,15,18,21)/t9-/m0/s1. The highest BCUT2D eigenvalue weighted by atomic mass is 32.1. The molecule has 1 saturated heterocycles. The van der Waals surface area contributed by atoms with Gasteiger partial charge in [-0.2, -0.15) is 0 Å². The molecule has 0 radical (unpaired) electrons. The third-order valence-corrected chi connectivity index (χ3v) is 4.60. The molecular weight excluding hydrogens is 302 g/mol. The van der Waals surface area contributed by atoms with Crippen LogP contribution >= 0.6 is 11.3 Å². The van der Waals surface area contributed by atoms with E-state index in [1.54, 1.807) is 11.2 Å². The maximum absolute atomic E-state index is 12.5. The second-order valence-corrected chi connectivity index (χ2v) is 6.39. The van der Waals surface area contributed by atoms with Gasteiger partial charge in [0.2, 0.25) is 5.13 Å². The van der Waals surface area contributed by atoms with Crippen molar-refractivity contribution in [2.24, 2.45) is 7.05 Å². The summed E-state index contributed by atoms with van der Waals surface area (Å²) in [5.74, 6) is 0.816. The van der Waals surface area contributed by atoms with Gasteiger partial charge >= 0.3 is 6.03 Å². The molecule has 0 aliphatic carbocycles. The highest BCUT2D eigenvalue weighted by Gasteiger charge is 2.33. The number of nitrogens with one attached hydrogen (secondary N) is 1. The molecule has 1 N–H and O–H groups in total. The molecule has 1 atom stereocenters. The maximum atomic E-state index is 12.5. The number of aryl methyl sites for hydroxylation is 2. The Balaban J connectivity index is 1.69. The van der Waals surface area contributed by atoms with E-state index in [1.165, 1.54) is 11.3 Å². The van der Waals surface area contributed by atoms with Crippen LogP contribution in [-0.4, -0.2) is 42.4 Å². The van der Waals surface area contributed by atoms with Gasteiger partial charge in [0.1, 0.15) is 11.3 Å². The minimum absolute atomic E-state index is 0.0319. The molecule has 0 spiro atoms. The number of anilines is 1. The van der Waals surface area contributed by atoms with E-state index in [9.17, 15) is 4.79 Å². The van der Waals surface area contributed by atoms with Crippen LogP contribution in [0.25, 0.3) is 0 Å². The predicted octanol–water partition coefficient (Wildman–Crippen LogP) is 1.99. The first-order valence-corrected chi connectivity index (χ1v) is 8.24. The zero-order valence-electron chi connectivity index (χ0n) is 12.7. The van der Waals surface area contributed by atoms with Crippen molar-refractivity contribution in [1.82, 2.24) is 29.9 Å². The zero-order valence-corrected chi connectivity index (χ0v) is 13.5. The van der Waals surface area contributed by atoms with E-state index in [0.717, 1.165) is 36.5 Å². The van der Waals surface area contributed by atoms with Gasteiger partial charge in [0.15, 0.2) is 5.82 Å². The van der Waals surface area contributed by atoms with Crippen molar-refractivity contribution < 1.29 is 4.79 Å². The van der Waals surface area contributed by atoms with E-state index < -0.39 is 0 Å². The lowest BCUT2D eigenvalue weighted by molar-refractivity contribution is 0.204. The Hall–Kier alpha value is -2.03. The van der Waals surface area contributed by atoms with Gasteiger partial charge < -0.3 is 9.47 Å². The molecule has 0 aromatic carbocycles. The van der Waals surface area contributed by atoms with Crippen LogP contribution < -0.4 is 5.32 Å². The van der Waals surface area contributed by atoms with Crippen LogP contribution in [0, 0.1) is 0 Å². The summed E-state index contributed by atoms with van der Waals surface area (Å²) in [4.78, 5) is 14.3. The molecule has 2 aromatic rings. The summed E-state index contributed by atoms with van der Waals surface area (Å²) in [6.45, 7) is 2.80. The SMILES string of the molecule is CCCc1nnc(NC(=O)N2CCC[C@H]2c2nncn2C)s1. The fraction of sp³-hybridized carbons (Fsp3) is 0.615. The molecule has 1 aliphatic heterocycles. The van der Waals surface area contributed by atoms with Gasteiger partial charge in [-0.25, -0.2) is 4.79 Å². The molecule has 1 fully saturated rings. The van der Waals surface area contributed by atoms with Crippen LogP contribution in [0.3, 0.4) is 0 Å². The van der Waals surface area contributed by atoms with Gasteiger partial charge in [0.25, 0.3) is 0 Å². The van der Waals surface area contributed by atoms with Crippen molar-refractivity contribution in [2.45, 2.75) is 38.6 Å². The van der Waals surface area contributed by atoms with Crippen molar-refractivity contribution in [3.05, 3.63) is 17.2 Å². The average molecular weight is 321 g/mol. The molecule has 0 unspecified atom stereocenters. The Kier molecular flexibility index (Phi) is 4.32. The normalized spacial score (nSPS) is 17.9. The van der Waals surface area contributed by atoms with Crippen molar-refractivity contribution in [3.8, 4) is 0 Å². The third kappa shape index (κ3) is 2.94. The second-order valence-electron chi connectivity index (χ2n) is 5.33. The van der Waals surface area contributed by atoms with Crippen LogP contribution in [0.5, 0.6) is 0 Å². The number of carbonyl (C=O) groups excluding carboxylic acids is 1. The number of hydrogen-bond donors (Lipinski definition) is 1. The lowest BCUT2D eigenvalue weighted by atomic mass is 10.2. The summed E-state index contributed by atoms with van der Waals surface area (Å²) in [6.07, 6.45) is 5.42. The summed E-state index contributed by atoms with van der Waals surface area (Å²) in [5, 5.41) is 20.5. The molecule has 8 nitrogen and oxygen atoms in total. The van der Waals surface area contributed by atoms with Crippen LogP contribution in [0.2, 0.25) is 0 Å². The summed E-state index contributed by atoms with van der Waals surface area (Å²) >= 11 is 1.43. The third-order valence-electron chi connectivity index (χ3n) is 3.70. The van der Waals surface area contributed by atoms with E-state index in [-0.39, 0.29) is 12.1 Å². The van der Waals surface area contributed by atoms with Crippen LogP contribution in [-0.2, 0) is 13.5 Å². The van der Waals surface area contributed by atoms with Gasteiger partial charge in [-0.1, -0.05) is 18.3 Å². The molecule has 3 heterocycles. The summed E-state index contributed by atoms with van der Waals surface area (Å²) in [5.41, 5.74) is 0. The lowest BCUT2D eigenvalue weighted by Crippen LogP contribution is -2.35. The second kappa shape index (κ2) is 6.39. The number of nitrogens with zero attached hydrogens (tertiary/aromatic N) is 6. The van der Waals surface area contributed by atoms with E-state index in [1.807, 2.05) is 11.6 Å². The van der Waals surface area contributed by atoms with Gasteiger partial charge in [-0.05, 0) is 19.3 Å². The van der Waals surface area contributed by atoms with Gasteiger partial charge in [-0.3, -0.25) is 5.32 Å². The Labute approximate surface area is 132 Å². The Morgan fingerprint density at radius 1 is 1.45 bits per heavy atom. The largest absolute Gasteiger partial charge is 0.324 e. The summed E-state index contributed by atoms with van der Waals surface area (Å²) < 4.78 is 1.86. The van der Waals surface area contributed by atoms with E-state index in [2.05, 4.69) is 32.6 Å². The monoisotopic (exact) mass is 321 g/mol. The maximum Gasteiger partial charge on any atom is 0.324 e. The molecule has 9 heteroatoms.